The molecule has 2 aliphatic rings. The summed E-state index contributed by atoms with van der Waals surface area (Å²) >= 11 is 0. The number of rotatable bonds is 7. The van der Waals surface area contributed by atoms with Crippen LogP contribution < -0.4 is 19.7 Å². The van der Waals surface area contributed by atoms with Gasteiger partial charge in [0.2, 0.25) is 5.91 Å². The van der Waals surface area contributed by atoms with Crippen LogP contribution in [0.4, 0.5) is 23.7 Å². The Morgan fingerprint density at radius 1 is 1.12 bits per heavy atom. The molecule has 1 aromatic carbocycles. The summed E-state index contributed by atoms with van der Waals surface area (Å²) in [7, 11) is 3.14. The second kappa shape index (κ2) is 13.3. The number of hydrogen-bond donors (Lipinski definition) is 2. The second-order valence-corrected chi connectivity index (χ2v) is 10.1. The molecule has 2 aliphatic heterocycles. The molecular formula is C28H33F3N6O6. The molecule has 3 amide bonds. The number of amides is 3. The van der Waals surface area contributed by atoms with Gasteiger partial charge in [-0.3, -0.25) is 19.5 Å². The highest BCUT2D eigenvalue weighted by Crippen LogP contribution is 2.30. The highest BCUT2D eigenvalue weighted by atomic mass is 19.4. The average molecular weight is 607 g/mol. The van der Waals surface area contributed by atoms with E-state index in [1.807, 2.05) is 12.3 Å². The maximum Gasteiger partial charge on any atom is 0.490 e. The molecule has 0 saturated carbocycles. The fourth-order valence-electron chi connectivity index (χ4n) is 4.95. The summed E-state index contributed by atoms with van der Waals surface area (Å²) < 4.78 is 44.3. The number of carboxylic acids is 1. The minimum atomic E-state index is -5.08. The van der Waals surface area contributed by atoms with E-state index >= 15 is 0 Å². The Kier molecular flexibility index (Phi) is 9.76. The molecule has 3 aromatic rings. The van der Waals surface area contributed by atoms with Crippen molar-refractivity contribution in [2.75, 3.05) is 45.3 Å². The molecule has 4 heterocycles. The SMILES string of the molecule is COc1ccc(CN2C(=O)CCN(c3cnn4ccc(CN5CCN[C@@H](C)C5)cc34)C2=O)c(OC)c1.O=C(O)C(F)(F)F. The van der Waals surface area contributed by atoms with Gasteiger partial charge in [-0.15, -0.1) is 0 Å². The Morgan fingerprint density at radius 2 is 1.86 bits per heavy atom. The smallest absolute Gasteiger partial charge is 0.490 e. The van der Waals surface area contributed by atoms with Crippen molar-refractivity contribution in [2.45, 2.75) is 38.7 Å². The number of carboxylic acid groups (broad SMARTS) is 1. The number of halogens is 3. The van der Waals surface area contributed by atoms with Crippen LogP contribution in [-0.2, 0) is 22.7 Å². The maximum atomic E-state index is 13.6. The molecule has 0 unspecified atom stereocenters. The van der Waals surface area contributed by atoms with Crippen LogP contribution in [0.1, 0.15) is 24.5 Å². The van der Waals surface area contributed by atoms with Crippen LogP contribution in [0.5, 0.6) is 11.5 Å². The molecule has 0 spiro atoms. The highest BCUT2D eigenvalue weighted by molar-refractivity contribution is 6.07. The van der Waals surface area contributed by atoms with Crippen LogP contribution in [0, 0.1) is 0 Å². The predicted octanol–water partition coefficient (Wildman–Crippen LogP) is 3.14. The largest absolute Gasteiger partial charge is 0.497 e. The van der Waals surface area contributed by atoms with E-state index in [9.17, 15) is 22.8 Å². The van der Waals surface area contributed by atoms with Crippen molar-refractivity contribution in [1.29, 1.82) is 0 Å². The number of nitrogens with zero attached hydrogens (tertiary/aromatic N) is 5. The van der Waals surface area contributed by atoms with Crippen molar-refractivity contribution < 1.29 is 42.1 Å². The number of carbonyl (C=O) groups excluding carboxylic acids is 2. The third kappa shape index (κ3) is 7.53. The van der Waals surface area contributed by atoms with E-state index < -0.39 is 12.1 Å². The summed E-state index contributed by atoms with van der Waals surface area (Å²) in [4.78, 5) is 40.6. The number of urea groups is 1. The van der Waals surface area contributed by atoms with Gasteiger partial charge >= 0.3 is 18.2 Å². The molecule has 232 valence electrons. The number of anilines is 1. The topological polar surface area (TPSA) is 129 Å². The molecule has 12 nitrogen and oxygen atoms in total. The van der Waals surface area contributed by atoms with Crippen LogP contribution in [0.15, 0.2) is 42.7 Å². The lowest BCUT2D eigenvalue weighted by molar-refractivity contribution is -0.192. The summed E-state index contributed by atoms with van der Waals surface area (Å²) in [6, 6.07) is 9.62. The van der Waals surface area contributed by atoms with Gasteiger partial charge in [-0.05, 0) is 36.8 Å². The number of hydrogen-bond acceptors (Lipinski definition) is 8. The highest BCUT2D eigenvalue weighted by Gasteiger charge is 2.38. The summed E-state index contributed by atoms with van der Waals surface area (Å²) in [5, 5.41) is 15.1. The van der Waals surface area contributed by atoms with Gasteiger partial charge in [0.1, 0.15) is 11.5 Å². The third-order valence-electron chi connectivity index (χ3n) is 7.09. The Hall–Kier alpha value is -4.37. The fraction of sp³-hybridized carbons (Fsp3) is 0.429. The van der Waals surface area contributed by atoms with Crippen molar-refractivity contribution in [1.82, 2.24) is 24.7 Å². The maximum absolute atomic E-state index is 13.6. The van der Waals surface area contributed by atoms with Crippen molar-refractivity contribution in [3.8, 4) is 11.5 Å². The molecule has 2 N–H and O–H groups in total. The van der Waals surface area contributed by atoms with Crippen LogP contribution in [-0.4, -0.2) is 95.0 Å². The minimum Gasteiger partial charge on any atom is -0.497 e. The predicted molar refractivity (Wildman–Crippen MR) is 149 cm³/mol. The molecule has 2 aromatic heterocycles. The summed E-state index contributed by atoms with van der Waals surface area (Å²) in [6.07, 6.45) is -1.22. The zero-order valence-electron chi connectivity index (χ0n) is 23.9. The molecule has 2 fully saturated rings. The normalized spacial score (nSPS) is 18.0. The first-order chi connectivity index (χ1) is 20.4. The van der Waals surface area contributed by atoms with E-state index in [1.165, 1.54) is 10.5 Å². The Balaban J connectivity index is 0.000000541. The van der Waals surface area contributed by atoms with E-state index in [0.717, 1.165) is 37.3 Å². The minimum absolute atomic E-state index is 0.118. The lowest BCUT2D eigenvalue weighted by Gasteiger charge is -2.34. The first-order valence-corrected chi connectivity index (χ1v) is 13.5. The van der Waals surface area contributed by atoms with E-state index in [-0.39, 0.29) is 24.9 Å². The Bertz CT molecular complexity index is 1480. The van der Waals surface area contributed by atoms with Crippen LogP contribution in [0.3, 0.4) is 0 Å². The molecular weight excluding hydrogens is 573 g/mol. The third-order valence-corrected chi connectivity index (χ3v) is 7.09. The van der Waals surface area contributed by atoms with Gasteiger partial charge in [0.25, 0.3) is 0 Å². The number of alkyl halides is 3. The zero-order chi connectivity index (χ0) is 31.3. The van der Waals surface area contributed by atoms with Gasteiger partial charge in [0.15, 0.2) is 0 Å². The van der Waals surface area contributed by atoms with Crippen LogP contribution in [0.2, 0.25) is 0 Å². The molecule has 0 bridgehead atoms. The molecule has 2 saturated heterocycles. The van der Waals surface area contributed by atoms with E-state index in [1.54, 1.807) is 42.0 Å². The quantitative estimate of drug-likeness (QED) is 0.417. The van der Waals surface area contributed by atoms with Gasteiger partial charge in [-0.25, -0.2) is 14.1 Å². The van der Waals surface area contributed by atoms with Crippen molar-refractivity contribution in [3.05, 3.63) is 53.9 Å². The number of nitrogens with one attached hydrogen (secondary N) is 1. The summed E-state index contributed by atoms with van der Waals surface area (Å²) in [5.74, 6) is -1.76. The van der Waals surface area contributed by atoms with Crippen LogP contribution in [0.25, 0.3) is 5.52 Å². The average Bonchev–Trinajstić information content (AvgIpc) is 3.38. The van der Waals surface area contributed by atoms with Crippen LogP contribution >= 0.6 is 0 Å². The van der Waals surface area contributed by atoms with Gasteiger partial charge in [-0.1, -0.05) is 0 Å². The van der Waals surface area contributed by atoms with Crippen molar-refractivity contribution in [2.24, 2.45) is 0 Å². The fourth-order valence-corrected chi connectivity index (χ4v) is 4.95. The number of benzene rings is 1. The first-order valence-electron chi connectivity index (χ1n) is 13.5. The molecule has 0 aliphatic carbocycles. The summed E-state index contributed by atoms with van der Waals surface area (Å²) in [6.45, 7) is 6.43. The van der Waals surface area contributed by atoms with Gasteiger partial charge in [0, 0.05) is 63.0 Å². The molecule has 15 heteroatoms. The van der Waals surface area contributed by atoms with Gasteiger partial charge in [-0.2, -0.15) is 18.3 Å². The number of piperazine rings is 1. The standard InChI is InChI=1S/C26H32N6O4.C2HF3O2/c1-18-15-29(11-8-27-18)16-19-6-10-32-22(12-19)23(14-28-32)30-9-7-25(33)31(26(30)34)17-20-4-5-21(35-2)13-24(20)36-3;3-2(4,5)1(6)7/h4-6,10,12-14,18,27H,7-9,11,15-17H2,1-3H3;(H,6,7)/t18-;/m0./s1. The van der Waals surface area contributed by atoms with E-state index in [0.29, 0.717) is 29.8 Å². The van der Waals surface area contributed by atoms with E-state index in [4.69, 9.17) is 19.4 Å². The number of fused-ring (bicyclic) bond motifs is 1. The second-order valence-electron chi connectivity index (χ2n) is 10.1. The number of carbonyl (C=O) groups is 3. The first kappa shape index (κ1) is 31.6. The number of imide groups is 1. The molecule has 1 atom stereocenters. The van der Waals surface area contributed by atoms with Crippen molar-refractivity contribution in [3.63, 3.8) is 0 Å². The van der Waals surface area contributed by atoms with E-state index in [2.05, 4.69) is 34.4 Å². The lowest BCUT2D eigenvalue weighted by Crippen LogP contribution is -2.52. The molecule has 0 radical (unpaired) electrons. The number of aliphatic carboxylic acids is 1. The molecule has 5 rings (SSSR count). The number of pyridine rings is 1. The Morgan fingerprint density at radius 3 is 2.51 bits per heavy atom. The number of methoxy groups -OCH3 is 2. The zero-order valence-corrected chi connectivity index (χ0v) is 23.9. The van der Waals surface area contributed by atoms with Gasteiger partial charge in [0.05, 0.1) is 38.2 Å². The monoisotopic (exact) mass is 606 g/mol. The Labute approximate surface area is 245 Å². The van der Waals surface area contributed by atoms with Crippen molar-refractivity contribution >= 4 is 29.1 Å². The summed E-state index contributed by atoms with van der Waals surface area (Å²) in [5.41, 5.74) is 3.45. The molecule has 43 heavy (non-hydrogen) atoms. The lowest BCUT2D eigenvalue weighted by atomic mass is 10.1. The number of ether oxygens (including phenoxy) is 2. The van der Waals surface area contributed by atoms with Gasteiger partial charge < -0.3 is 19.9 Å². The number of aromatic nitrogens is 2.